The highest BCUT2D eigenvalue weighted by Gasteiger charge is 2.53. The summed E-state index contributed by atoms with van der Waals surface area (Å²) in [4.78, 5) is 24.8. The van der Waals surface area contributed by atoms with E-state index in [4.69, 9.17) is 16.3 Å². The number of rotatable bonds is 9. The predicted molar refractivity (Wildman–Crippen MR) is 95.8 cm³/mol. The van der Waals surface area contributed by atoms with Crippen molar-refractivity contribution in [1.82, 2.24) is 5.01 Å². The zero-order chi connectivity index (χ0) is 18.3. The summed E-state index contributed by atoms with van der Waals surface area (Å²) >= 11 is 0. The minimum atomic E-state index is -1.39. The van der Waals surface area contributed by atoms with Crippen LogP contribution in [-0.4, -0.2) is 28.3 Å². The molecule has 6 heteroatoms. The number of benzene rings is 1. The first-order valence-electron chi connectivity index (χ1n) is 8.34. The number of unbranched alkanes of at least 4 members (excludes halogenated alkanes) is 2. The van der Waals surface area contributed by atoms with Gasteiger partial charge in [0.25, 0.3) is 0 Å². The topological polar surface area (TPSA) is 98.7 Å². The Labute approximate surface area is 148 Å². The van der Waals surface area contributed by atoms with E-state index >= 15 is 0 Å². The molecule has 0 saturated carbocycles. The largest absolute Gasteiger partial charge is 0.367 e. The Kier molecular flexibility index (Phi) is 6.50. The Morgan fingerprint density at radius 2 is 2.04 bits per heavy atom. The normalized spacial score (nSPS) is 22.8. The van der Waals surface area contributed by atoms with Crippen molar-refractivity contribution in [3.05, 3.63) is 60.8 Å². The van der Waals surface area contributed by atoms with Crippen LogP contribution < -0.4 is 11.6 Å². The molecule has 1 aromatic carbocycles. The maximum atomic E-state index is 12.5. The minimum Gasteiger partial charge on any atom is -0.367 e. The van der Waals surface area contributed by atoms with Gasteiger partial charge in [-0.15, -0.1) is 6.58 Å². The lowest BCUT2D eigenvalue weighted by Gasteiger charge is -2.44. The molecule has 0 spiro atoms. The van der Waals surface area contributed by atoms with Gasteiger partial charge in [0.2, 0.25) is 5.91 Å². The van der Waals surface area contributed by atoms with Gasteiger partial charge in [0.1, 0.15) is 0 Å². The molecule has 25 heavy (non-hydrogen) atoms. The molecule has 0 radical (unpaired) electrons. The Morgan fingerprint density at radius 3 is 2.68 bits per heavy atom. The molecule has 6 nitrogen and oxygen atoms in total. The van der Waals surface area contributed by atoms with Crippen LogP contribution in [0.25, 0.3) is 0 Å². The average Bonchev–Trinajstić information content (AvgIpc) is 2.61. The van der Waals surface area contributed by atoms with Crippen molar-refractivity contribution >= 4 is 11.7 Å². The van der Waals surface area contributed by atoms with Crippen molar-refractivity contribution in [1.29, 1.82) is 0 Å². The predicted octanol–water partition coefficient (Wildman–Crippen LogP) is 1.81. The zero-order valence-electron chi connectivity index (χ0n) is 14.3. The number of ether oxygens (including phenoxy) is 1. The van der Waals surface area contributed by atoms with E-state index in [-0.39, 0.29) is 12.4 Å². The van der Waals surface area contributed by atoms with Crippen LogP contribution in [0.4, 0.5) is 0 Å². The minimum absolute atomic E-state index is 0.195. The first-order valence-corrected chi connectivity index (χ1v) is 8.34. The lowest BCUT2D eigenvalue weighted by Crippen LogP contribution is -2.69. The lowest BCUT2D eigenvalue weighted by molar-refractivity contribution is -0.155. The number of allylic oxidation sites excluding steroid dienone is 1. The summed E-state index contributed by atoms with van der Waals surface area (Å²) in [5.41, 5.74) is 5.20. The van der Waals surface area contributed by atoms with Gasteiger partial charge in [-0.05, 0) is 24.8 Å². The van der Waals surface area contributed by atoms with Gasteiger partial charge in [0.05, 0.1) is 6.61 Å². The van der Waals surface area contributed by atoms with Crippen molar-refractivity contribution in [2.24, 2.45) is 11.6 Å². The zero-order valence-corrected chi connectivity index (χ0v) is 14.3. The number of nitrogens with zero attached hydrogens (tertiary/aromatic N) is 1. The Hall–Kier alpha value is -2.44. The molecule has 1 heterocycles. The van der Waals surface area contributed by atoms with E-state index < -0.39 is 17.6 Å². The quantitative estimate of drug-likeness (QED) is 0.405. The van der Waals surface area contributed by atoms with Gasteiger partial charge in [-0.1, -0.05) is 42.8 Å². The SMILES string of the molecule is C=CCCCCC1(C(N)=O)C(OCc2ccccc2)C(=O)C=CN1N. The summed E-state index contributed by atoms with van der Waals surface area (Å²) in [6.07, 6.45) is 6.14. The number of carbonyl (C=O) groups excluding carboxylic acids is 2. The Balaban J connectivity index is 2.23. The van der Waals surface area contributed by atoms with E-state index in [0.717, 1.165) is 18.4 Å². The molecule has 1 aliphatic heterocycles. The summed E-state index contributed by atoms with van der Waals surface area (Å²) in [5, 5.41) is 1.22. The highest BCUT2D eigenvalue weighted by Crippen LogP contribution is 2.31. The van der Waals surface area contributed by atoms with Gasteiger partial charge in [0, 0.05) is 12.3 Å². The molecular weight excluding hydrogens is 318 g/mol. The van der Waals surface area contributed by atoms with Crippen molar-refractivity contribution in [3.8, 4) is 0 Å². The monoisotopic (exact) mass is 343 g/mol. The van der Waals surface area contributed by atoms with Crippen LogP contribution in [0.15, 0.2) is 55.3 Å². The molecule has 1 amide bonds. The smallest absolute Gasteiger partial charge is 0.248 e. The third-order valence-electron chi connectivity index (χ3n) is 4.45. The number of hydrogen-bond acceptors (Lipinski definition) is 5. The maximum absolute atomic E-state index is 12.5. The molecule has 0 saturated heterocycles. The lowest BCUT2D eigenvalue weighted by atomic mass is 9.81. The standard InChI is InChI=1S/C19H25N3O3/c1-2-3-4-8-12-19(18(20)24)17(16(23)11-13-22(19)21)25-14-15-9-6-5-7-10-15/h2,5-7,9-11,13,17H,1,3-4,8,12,14,21H2,(H2,20,24). The van der Waals surface area contributed by atoms with Crippen LogP contribution in [-0.2, 0) is 20.9 Å². The third-order valence-corrected chi connectivity index (χ3v) is 4.45. The molecule has 4 N–H and O–H groups in total. The van der Waals surface area contributed by atoms with E-state index in [9.17, 15) is 9.59 Å². The summed E-state index contributed by atoms with van der Waals surface area (Å²) < 4.78 is 5.84. The van der Waals surface area contributed by atoms with Crippen molar-refractivity contribution in [2.75, 3.05) is 0 Å². The second kappa shape index (κ2) is 8.60. The maximum Gasteiger partial charge on any atom is 0.248 e. The molecule has 2 atom stereocenters. The number of primary amides is 1. The molecule has 0 aliphatic carbocycles. The van der Waals surface area contributed by atoms with E-state index in [1.807, 2.05) is 36.4 Å². The number of ketones is 1. The highest BCUT2D eigenvalue weighted by molar-refractivity contribution is 6.02. The van der Waals surface area contributed by atoms with Crippen LogP contribution in [0.5, 0.6) is 0 Å². The van der Waals surface area contributed by atoms with Crippen LogP contribution in [0.1, 0.15) is 31.2 Å². The molecule has 134 valence electrons. The van der Waals surface area contributed by atoms with Crippen LogP contribution in [0.3, 0.4) is 0 Å². The second-order valence-corrected chi connectivity index (χ2v) is 6.12. The Bertz CT molecular complexity index is 645. The van der Waals surface area contributed by atoms with E-state index in [1.165, 1.54) is 17.3 Å². The second-order valence-electron chi connectivity index (χ2n) is 6.12. The van der Waals surface area contributed by atoms with Crippen molar-refractivity contribution in [2.45, 2.75) is 43.9 Å². The van der Waals surface area contributed by atoms with E-state index in [2.05, 4.69) is 6.58 Å². The number of hydrogen-bond donors (Lipinski definition) is 2. The molecule has 1 aromatic rings. The number of carbonyl (C=O) groups is 2. The van der Waals surface area contributed by atoms with Crippen molar-refractivity contribution in [3.63, 3.8) is 0 Å². The van der Waals surface area contributed by atoms with Crippen LogP contribution in [0.2, 0.25) is 0 Å². The fraction of sp³-hybridized carbons (Fsp3) is 0.368. The number of nitrogens with two attached hydrogens (primary N) is 2. The van der Waals surface area contributed by atoms with Crippen LogP contribution >= 0.6 is 0 Å². The molecular formula is C19H25N3O3. The summed E-state index contributed by atoms with van der Waals surface area (Å²) in [5.74, 6) is 5.08. The number of amides is 1. The van der Waals surface area contributed by atoms with Gasteiger partial charge >= 0.3 is 0 Å². The van der Waals surface area contributed by atoms with E-state index in [1.54, 1.807) is 0 Å². The van der Waals surface area contributed by atoms with Gasteiger partial charge in [-0.25, -0.2) is 5.84 Å². The third kappa shape index (κ3) is 4.15. The molecule has 0 fully saturated rings. The van der Waals surface area contributed by atoms with E-state index in [0.29, 0.717) is 12.8 Å². The molecule has 0 aromatic heterocycles. The fourth-order valence-corrected chi connectivity index (χ4v) is 3.04. The van der Waals surface area contributed by atoms with Crippen LogP contribution in [0, 0.1) is 0 Å². The first kappa shape index (κ1) is 18.9. The molecule has 2 rings (SSSR count). The van der Waals surface area contributed by atoms with Crippen molar-refractivity contribution < 1.29 is 14.3 Å². The summed E-state index contributed by atoms with van der Waals surface area (Å²) in [6.45, 7) is 3.88. The molecule has 0 bridgehead atoms. The fourth-order valence-electron chi connectivity index (χ4n) is 3.04. The Morgan fingerprint density at radius 1 is 1.32 bits per heavy atom. The van der Waals surface area contributed by atoms with Gasteiger partial charge in [-0.2, -0.15) is 0 Å². The summed E-state index contributed by atoms with van der Waals surface area (Å²) in [6, 6.07) is 9.44. The highest BCUT2D eigenvalue weighted by atomic mass is 16.5. The van der Waals surface area contributed by atoms with Gasteiger partial charge in [-0.3, -0.25) is 14.6 Å². The van der Waals surface area contributed by atoms with Gasteiger partial charge in [0.15, 0.2) is 17.4 Å². The first-order chi connectivity index (χ1) is 12.0. The molecule has 2 unspecified atom stereocenters. The molecule has 1 aliphatic rings. The number of hydrazine groups is 1. The van der Waals surface area contributed by atoms with Gasteiger partial charge < -0.3 is 10.5 Å². The summed E-state index contributed by atoms with van der Waals surface area (Å²) in [7, 11) is 0. The average molecular weight is 343 g/mol.